The van der Waals surface area contributed by atoms with Gasteiger partial charge in [-0.15, -0.1) is 0 Å². The average molecular weight is 286 g/mol. The molecule has 2 aromatic rings. The summed E-state index contributed by atoms with van der Waals surface area (Å²) >= 11 is 0. The van der Waals surface area contributed by atoms with Crippen molar-refractivity contribution in [1.82, 2.24) is 0 Å². The lowest BCUT2D eigenvalue weighted by Gasteiger charge is -2.16. The Morgan fingerprint density at radius 3 is 2.10 bits per heavy atom. The van der Waals surface area contributed by atoms with Crippen LogP contribution in [0.2, 0.25) is 0 Å². The van der Waals surface area contributed by atoms with Crippen LogP contribution < -0.4 is 9.47 Å². The number of hydrogen-bond donors (Lipinski definition) is 2. The lowest BCUT2D eigenvalue weighted by atomic mass is 9.96. The highest BCUT2D eigenvalue weighted by molar-refractivity contribution is 5.69. The van der Waals surface area contributed by atoms with E-state index in [-0.39, 0.29) is 5.75 Å². The van der Waals surface area contributed by atoms with Gasteiger partial charge in [0, 0.05) is 11.6 Å². The van der Waals surface area contributed by atoms with Crippen LogP contribution in [0.15, 0.2) is 49.0 Å². The second-order valence-electron chi connectivity index (χ2n) is 4.58. The van der Waals surface area contributed by atoms with E-state index in [0.29, 0.717) is 16.9 Å². The molecule has 0 amide bonds. The van der Waals surface area contributed by atoms with Crippen molar-refractivity contribution in [3.8, 4) is 17.2 Å². The maximum absolute atomic E-state index is 10.4. The zero-order valence-electron chi connectivity index (χ0n) is 12.0. The summed E-state index contributed by atoms with van der Waals surface area (Å²) in [7, 11) is 3.11. The molecule has 0 saturated carbocycles. The van der Waals surface area contributed by atoms with Crippen LogP contribution in [0.1, 0.15) is 17.2 Å². The zero-order valence-corrected chi connectivity index (χ0v) is 12.0. The van der Waals surface area contributed by atoms with Gasteiger partial charge in [0.05, 0.1) is 14.2 Å². The maximum atomic E-state index is 10.4. The minimum Gasteiger partial charge on any atom is -0.507 e. The van der Waals surface area contributed by atoms with Gasteiger partial charge in [0.2, 0.25) is 0 Å². The summed E-state index contributed by atoms with van der Waals surface area (Å²) in [5.74, 6) is 1.23. The standard InChI is InChI=1S/C17H18O4/c1-11(12-4-6-13(20-2)7-5-12)17(19)15-9-8-14(21-3)10-16(15)18/h4-10,17-19H,1H2,2-3H3. The number of hydrogen-bond acceptors (Lipinski definition) is 4. The molecular weight excluding hydrogens is 268 g/mol. The number of ether oxygens (including phenoxy) is 2. The monoisotopic (exact) mass is 286 g/mol. The van der Waals surface area contributed by atoms with Crippen LogP contribution in [0.25, 0.3) is 5.57 Å². The van der Waals surface area contributed by atoms with E-state index in [1.165, 1.54) is 13.2 Å². The molecule has 4 nitrogen and oxygen atoms in total. The number of phenolic OH excluding ortho intramolecular Hbond substituents is 1. The van der Waals surface area contributed by atoms with Crippen molar-refractivity contribution < 1.29 is 19.7 Å². The molecule has 0 bridgehead atoms. The number of phenols is 1. The van der Waals surface area contributed by atoms with Crippen molar-refractivity contribution in [2.45, 2.75) is 6.10 Å². The molecule has 0 aliphatic heterocycles. The quantitative estimate of drug-likeness (QED) is 0.886. The molecule has 2 aromatic carbocycles. The second-order valence-corrected chi connectivity index (χ2v) is 4.58. The molecule has 0 radical (unpaired) electrons. The van der Waals surface area contributed by atoms with Gasteiger partial charge in [-0.3, -0.25) is 0 Å². The highest BCUT2D eigenvalue weighted by Crippen LogP contribution is 2.35. The van der Waals surface area contributed by atoms with Gasteiger partial charge in [-0.2, -0.15) is 0 Å². The van der Waals surface area contributed by atoms with E-state index >= 15 is 0 Å². The molecule has 0 aliphatic carbocycles. The third kappa shape index (κ3) is 3.17. The Morgan fingerprint density at radius 2 is 1.57 bits per heavy atom. The number of aromatic hydroxyl groups is 1. The first kappa shape index (κ1) is 14.9. The molecule has 0 saturated heterocycles. The third-order valence-corrected chi connectivity index (χ3v) is 3.32. The summed E-state index contributed by atoms with van der Waals surface area (Å²) < 4.78 is 10.1. The SMILES string of the molecule is C=C(c1ccc(OC)cc1)C(O)c1ccc(OC)cc1O. The normalized spacial score (nSPS) is 11.8. The summed E-state index contributed by atoms with van der Waals surface area (Å²) in [5.41, 5.74) is 1.66. The van der Waals surface area contributed by atoms with Crippen molar-refractivity contribution in [3.05, 3.63) is 60.2 Å². The molecule has 0 aliphatic rings. The summed E-state index contributed by atoms with van der Waals surface area (Å²) in [6.45, 7) is 3.91. The number of benzene rings is 2. The van der Waals surface area contributed by atoms with E-state index in [4.69, 9.17) is 9.47 Å². The highest BCUT2D eigenvalue weighted by Gasteiger charge is 2.17. The van der Waals surface area contributed by atoms with Gasteiger partial charge in [-0.1, -0.05) is 18.7 Å². The van der Waals surface area contributed by atoms with E-state index in [2.05, 4.69) is 6.58 Å². The molecule has 1 unspecified atom stereocenters. The largest absolute Gasteiger partial charge is 0.507 e. The fourth-order valence-corrected chi connectivity index (χ4v) is 2.03. The molecule has 0 heterocycles. The molecule has 0 aromatic heterocycles. The van der Waals surface area contributed by atoms with Gasteiger partial charge in [-0.05, 0) is 35.4 Å². The summed E-state index contributed by atoms with van der Waals surface area (Å²) in [6, 6.07) is 12.0. The molecule has 1 atom stereocenters. The molecule has 2 rings (SSSR count). The van der Waals surface area contributed by atoms with Gasteiger partial charge in [-0.25, -0.2) is 0 Å². The molecule has 0 fully saturated rings. The van der Waals surface area contributed by atoms with E-state index in [1.807, 2.05) is 12.1 Å². The molecule has 2 N–H and O–H groups in total. The summed E-state index contributed by atoms with van der Waals surface area (Å²) in [5, 5.41) is 20.4. The fourth-order valence-electron chi connectivity index (χ4n) is 2.03. The van der Waals surface area contributed by atoms with E-state index in [0.717, 1.165) is 11.3 Å². The van der Waals surface area contributed by atoms with Crippen LogP contribution in [-0.4, -0.2) is 24.4 Å². The lowest BCUT2D eigenvalue weighted by molar-refractivity contribution is 0.233. The Hall–Kier alpha value is -2.46. The van der Waals surface area contributed by atoms with Crippen LogP contribution >= 0.6 is 0 Å². The minimum absolute atomic E-state index is 0.0310. The first-order valence-electron chi connectivity index (χ1n) is 6.45. The fraction of sp³-hybridized carbons (Fsp3) is 0.176. The van der Waals surface area contributed by atoms with Crippen molar-refractivity contribution >= 4 is 5.57 Å². The van der Waals surface area contributed by atoms with Crippen molar-refractivity contribution in [2.75, 3.05) is 14.2 Å². The highest BCUT2D eigenvalue weighted by atomic mass is 16.5. The first-order valence-corrected chi connectivity index (χ1v) is 6.45. The minimum atomic E-state index is -0.996. The molecule has 0 spiro atoms. The van der Waals surface area contributed by atoms with Crippen LogP contribution in [0.5, 0.6) is 17.2 Å². The predicted molar refractivity (Wildman–Crippen MR) is 81.6 cm³/mol. The lowest BCUT2D eigenvalue weighted by Crippen LogP contribution is -2.01. The van der Waals surface area contributed by atoms with Crippen LogP contribution in [-0.2, 0) is 0 Å². The molecule has 21 heavy (non-hydrogen) atoms. The van der Waals surface area contributed by atoms with E-state index in [1.54, 1.807) is 31.4 Å². The molecule has 110 valence electrons. The Balaban J connectivity index is 2.25. The van der Waals surface area contributed by atoms with Crippen LogP contribution in [0.4, 0.5) is 0 Å². The first-order chi connectivity index (χ1) is 10.1. The predicted octanol–water partition coefficient (Wildman–Crippen LogP) is 3.16. The van der Waals surface area contributed by atoms with Crippen molar-refractivity contribution in [3.63, 3.8) is 0 Å². The summed E-state index contributed by atoms with van der Waals surface area (Å²) in [4.78, 5) is 0. The van der Waals surface area contributed by atoms with Gasteiger partial charge in [0.15, 0.2) is 0 Å². The Bertz CT molecular complexity index is 632. The molecule has 4 heteroatoms. The van der Waals surface area contributed by atoms with Crippen LogP contribution in [0.3, 0.4) is 0 Å². The number of aliphatic hydroxyl groups excluding tert-OH is 1. The Kier molecular flexibility index (Phi) is 4.50. The molecular formula is C17H18O4. The van der Waals surface area contributed by atoms with Gasteiger partial charge in [0.1, 0.15) is 23.4 Å². The van der Waals surface area contributed by atoms with Gasteiger partial charge < -0.3 is 19.7 Å². The second kappa shape index (κ2) is 6.33. The zero-order chi connectivity index (χ0) is 15.4. The Labute approximate surface area is 123 Å². The Morgan fingerprint density at radius 1 is 1.00 bits per heavy atom. The number of rotatable bonds is 5. The van der Waals surface area contributed by atoms with Gasteiger partial charge >= 0.3 is 0 Å². The maximum Gasteiger partial charge on any atom is 0.125 e. The number of methoxy groups -OCH3 is 2. The third-order valence-electron chi connectivity index (χ3n) is 3.32. The van der Waals surface area contributed by atoms with Crippen LogP contribution in [0, 0.1) is 0 Å². The van der Waals surface area contributed by atoms with E-state index < -0.39 is 6.10 Å². The number of aliphatic hydroxyl groups is 1. The smallest absolute Gasteiger partial charge is 0.125 e. The van der Waals surface area contributed by atoms with Crippen molar-refractivity contribution in [1.29, 1.82) is 0 Å². The topological polar surface area (TPSA) is 58.9 Å². The van der Waals surface area contributed by atoms with E-state index in [9.17, 15) is 10.2 Å². The average Bonchev–Trinajstić information content (AvgIpc) is 2.53. The van der Waals surface area contributed by atoms with Crippen molar-refractivity contribution in [2.24, 2.45) is 0 Å². The van der Waals surface area contributed by atoms with Gasteiger partial charge in [0.25, 0.3) is 0 Å². The summed E-state index contributed by atoms with van der Waals surface area (Å²) in [6.07, 6.45) is -0.996.